The lowest BCUT2D eigenvalue weighted by atomic mass is 10.2. The van der Waals surface area contributed by atoms with E-state index in [2.05, 4.69) is 14.9 Å². The summed E-state index contributed by atoms with van der Waals surface area (Å²) in [7, 11) is -3.94. The molecule has 0 bridgehead atoms. The summed E-state index contributed by atoms with van der Waals surface area (Å²) in [5.74, 6) is -1.26. The van der Waals surface area contributed by atoms with Gasteiger partial charge in [0.25, 0.3) is 10.0 Å². The van der Waals surface area contributed by atoms with Crippen LogP contribution in [0.2, 0.25) is 0 Å². The van der Waals surface area contributed by atoms with Gasteiger partial charge in [-0.1, -0.05) is 0 Å². The minimum atomic E-state index is -3.94. The molecule has 0 saturated carbocycles. The highest BCUT2D eigenvalue weighted by molar-refractivity contribution is 7.89. The monoisotopic (exact) mass is 286 g/mol. The average molecular weight is 286 g/mol. The second-order valence-electron chi connectivity index (χ2n) is 3.72. The van der Waals surface area contributed by atoms with E-state index in [-0.39, 0.29) is 23.7 Å². The molecule has 1 aromatic rings. The van der Waals surface area contributed by atoms with Gasteiger partial charge in [-0.05, 0) is 13.8 Å². The summed E-state index contributed by atoms with van der Waals surface area (Å²) in [5, 5.41) is 14.0. The molecule has 9 heteroatoms. The van der Waals surface area contributed by atoms with Crippen LogP contribution < -0.4 is 4.72 Å². The van der Waals surface area contributed by atoms with E-state index in [1.165, 1.54) is 0 Å². The van der Waals surface area contributed by atoms with Crippen molar-refractivity contribution in [3.63, 3.8) is 0 Å². The predicted molar refractivity (Wildman–Crippen MR) is 64.5 cm³/mol. The number of hydrogen-bond acceptors (Lipinski definition) is 6. The minimum Gasteiger partial charge on any atom is -0.462 e. The molecule has 0 spiro atoms. The second kappa shape index (κ2) is 6.31. The molecule has 0 aliphatic carbocycles. The van der Waals surface area contributed by atoms with Crippen molar-refractivity contribution in [3.05, 3.63) is 11.8 Å². The Morgan fingerprint density at radius 2 is 2.37 bits per heavy atom. The molecule has 0 fully saturated rings. The van der Waals surface area contributed by atoms with Gasteiger partial charge in [-0.15, -0.1) is 0 Å². The molecule has 0 amide bonds. The number of nitriles is 1. The Hall–Kier alpha value is -1.92. The first-order valence-electron chi connectivity index (χ1n) is 5.52. The lowest BCUT2D eigenvalue weighted by molar-refractivity contribution is 0.0522. The molecule has 1 heterocycles. The minimum absolute atomic E-state index is 0.0554. The van der Waals surface area contributed by atoms with E-state index in [1.807, 2.05) is 6.07 Å². The van der Waals surface area contributed by atoms with Gasteiger partial charge in [0.1, 0.15) is 5.56 Å². The van der Waals surface area contributed by atoms with Crippen molar-refractivity contribution in [3.8, 4) is 6.07 Å². The number of aromatic nitrogens is 2. The number of carbonyl (C=O) groups is 1. The molecule has 0 aromatic carbocycles. The van der Waals surface area contributed by atoms with Crippen LogP contribution in [0, 0.1) is 17.2 Å². The van der Waals surface area contributed by atoms with E-state index in [1.54, 1.807) is 13.8 Å². The number of hydrogen-bond donors (Lipinski definition) is 2. The van der Waals surface area contributed by atoms with E-state index >= 15 is 0 Å². The number of nitrogens with one attached hydrogen (secondary N) is 2. The summed E-state index contributed by atoms with van der Waals surface area (Å²) in [4.78, 5) is 11.5. The van der Waals surface area contributed by atoms with Crippen molar-refractivity contribution >= 4 is 16.0 Å². The first-order chi connectivity index (χ1) is 8.92. The molecule has 2 N–H and O–H groups in total. The number of carbonyl (C=O) groups excluding carboxylic acids is 1. The number of sulfonamides is 1. The predicted octanol–water partition coefficient (Wildman–Crippen LogP) is 0.0244. The van der Waals surface area contributed by atoms with Crippen molar-refractivity contribution in [2.45, 2.75) is 18.9 Å². The number of aromatic amines is 1. The van der Waals surface area contributed by atoms with Gasteiger partial charge in [0.2, 0.25) is 0 Å². The first kappa shape index (κ1) is 15.1. The van der Waals surface area contributed by atoms with Crippen LogP contribution in [0.5, 0.6) is 0 Å². The van der Waals surface area contributed by atoms with Crippen molar-refractivity contribution in [1.82, 2.24) is 14.9 Å². The standard InChI is InChI=1S/C10H14N4O4S/c1-3-18-10(15)8-6-12-14-9(8)19(16,17)13-5-7(2)4-11/h6-7,13H,3,5H2,1-2H3,(H,12,14). The molecule has 0 aliphatic rings. The topological polar surface area (TPSA) is 125 Å². The largest absolute Gasteiger partial charge is 0.462 e. The summed E-state index contributed by atoms with van der Waals surface area (Å²) in [6, 6.07) is 1.90. The summed E-state index contributed by atoms with van der Waals surface area (Å²) in [5.41, 5.74) is -0.168. The normalized spacial score (nSPS) is 12.7. The molecular weight excluding hydrogens is 272 g/mol. The highest BCUT2D eigenvalue weighted by Gasteiger charge is 2.25. The van der Waals surface area contributed by atoms with Gasteiger partial charge >= 0.3 is 5.97 Å². The van der Waals surface area contributed by atoms with Crippen LogP contribution in [0.15, 0.2) is 11.2 Å². The number of H-pyrrole nitrogens is 1. The Bertz CT molecular complexity index is 587. The van der Waals surface area contributed by atoms with Crippen molar-refractivity contribution in [2.24, 2.45) is 5.92 Å². The number of rotatable bonds is 6. The highest BCUT2D eigenvalue weighted by atomic mass is 32.2. The molecule has 104 valence electrons. The van der Waals surface area contributed by atoms with E-state index in [4.69, 9.17) is 10.00 Å². The van der Waals surface area contributed by atoms with Crippen LogP contribution in [-0.4, -0.2) is 37.7 Å². The van der Waals surface area contributed by atoms with Crippen molar-refractivity contribution in [2.75, 3.05) is 13.2 Å². The van der Waals surface area contributed by atoms with Crippen LogP contribution in [0.1, 0.15) is 24.2 Å². The Morgan fingerprint density at radius 1 is 1.68 bits per heavy atom. The van der Waals surface area contributed by atoms with Gasteiger partial charge in [-0.3, -0.25) is 5.10 Å². The molecule has 0 radical (unpaired) electrons. The summed E-state index contributed by atoms with van der Waals surface area (Å²) in [6.07, 6.45) is 1.08. The fourth-order valence-electron chi connectivity index (χ4n) is 1.19. The Kier molecular flexibility index (Phi) is 5.02. The molecule has 19 heavy (non-hydrogen) atoms. The van der Waals surface area contributed by atoms with Gasteiger partial charge in [0, 0.05) is 6.54 Å². The maximum atomic E-state index is 11.9. The lowest BCUT2D eigenvalue weighted by Crippen LogP contribution is -2.29. The fourth-order valence-corrected chi connectivity index (χ4v) is 2.40. The Morgan fingerprint density at radius 3 is 2.95 bits per heavy atom. The summed E-state index contributed by atoms with van der Waals surface area (Å²) < 4.78 is 30.8. The third-order valence-corrected chi connectivity index (χ3v) is 3.56. The average Bonchev–Trinajstić information content (AvgIpc) is 2.86. The number of nitrogens with zero attached hydrogens (tertiary/aromatic N) is 2. The Balaban J connectivity index is 2.94. The number of ether oxygens (including phenoxy) is 1. The van der Waals surface area contributed by atoms with Crippen LogP contribution in [0.25, 0.3) is 0 Å². The van der Waals surface area contributed by atoms with E-state index in [0.717, 1.165) is 6.20 Å². The Labute approximate surface area is 110 Å². The molecule has 8 nitrogen and oxygen atoms in total. The van der Waals surface area contributed by atoms with E-state index in [0.29, 0.717) is 0 Å². The van der Waals surface area contributed by atoms with Gasteiger partial charge in [-0.2, -0.15) is 10.4 Å². The van der Waals surface area contributed by atoms with Crippen LogP contribution in [0.4, 0.5) is 0 Å². The summed E-state index contributed by atoms with van der Waals surface area (Å²) >= 11 is 0. The molecule has 1 unspecified atom stereocenters. The maximum absolute atomic E-state index is 11.9. The zero-order chi connectivity index (χ0) is 14.5. The lowest BCUT2D eigenvalue weighted by Gasteiger charge is -2.07. The second-order valence-corrected chi connectivity index (χ2v) is 5.42. The smallest absolute Gasteiger partial charge is 0.342 e. The molecule has 1 rings (SSSR count). The van der Waals surface area contributed by atoms with E-state index < -0.39 is 21.9 Å². The highest BCUT2D eigenvalue weighted by Crippen LogP contribution is 2.13. The van der Waals surface area contributed by atoms with Crippen molar-refractivity contribution < 1.29 is 17.9 Å². The maximum Gasteiger partial charge on any atom is 0.342 e. The SMILES string of the molecule is CCOC(=O)c1cn[nH]c1S(=O)(=O)NCC(C)C#N. The first-order valence-corrected chi connectivity index (χ1v) is 7.00. The van der Waals surface area contributed by atoms with E-state index in [9.17, 15) is 13.2 Å². The molecule has 1 aromatic heterocycles. The summed E-state index contributed by atoms with van der Waals surface area (Å²) in [6.45, 7) is 3.25. The van der Waals surface area contributed by atoms with Gasteiger partial charge in [-0.25, -0.2) is 17.9 Å². The number of esters is 1. The molecular formula is C10H14N4O4S. The molecule has 0 saturated heterocycles. The van der Waals surface area contributed by atoms with Crippen LogP contribution >= 0.6 is 0 Å². The fraction of sp³-hybridized carbons (Fsp3) is 0.500. The van der Waals surface area contributed by atoms with Crippen LogP contribution in [0.3, 0.4) is 0 Å². The zero-order valence-electron chi connectivity index (χ0n) is 10.5. The van der Waals surface area contributed by atoms with Gasteiger partial charge < -0.3 is 4.74 Å². The third-order valence-electron chi connectivity index (χ3n) is 2.17. The van der Waals surface area contributed by atoms with Crippen LogP contribution in [-0.2, 0) is 14.8 Å². The molecule has 1 atom stereocenters. The zero-order valence-corrected chi connectivity index (χ0v) is 11.3. The van der Waals surface area contributed by atoms with Crippen molar-refractivity contribution in [1.29, 1.82) is 5.26 Å². The third kappa shape index (κ3) is 3.77. The molecule has 0 aliphatic heterocycles. The quantitative estimate of drug-likeness (QED) is 0.710. The van der Waals surface area contributed by atoms with Gasteiger partial charge in [0.05, 0.1) is 24.8 Å². The van der Waals surface area contributed by atoms with Gasteiger partial charge in [0.15, 0.2) is 5.03 Å².